The highest BCUT2D eigenvalue weighted by Crippen LogP contribution is 2.31. The molecule has 2 aliphatic rings. The van der Waals surface area contributed by atoms with Gasteiger partial charge in [0.05, 0.1) is 5.69 Å². The minimum Gasteiger partial charge on any atom is -0.486 e. The molecule has 0 unspecified atom stereocenters. The van der Waals surface area contributed by atoms with Crippen molar-refractivity contribution in [3.63, 3.8) is 0 Å². The van der Waals surface area contributed by atoms with Crippen molar-refractivity contribution in [2.45, 2.75) is 51.2 Å². The van der Waals surface area contributed by atoms with Gasteiger partial charge in [-0.2, -0.15) is 0 Å². The summed E-state index contributed by atoms with van der Waals surface area (Å²) in [6, 6.07) is 23.8. The van der Waals surface area contributed by atoms with Crippen LogP contribution in [0.3, 0.4) is 0 Å². The zero-order valence-electron chi connectivity index (χ0n) is 25.4. The van der Waals surface area contributed by atoms with Crippen LogP contribution in [0.15, 0.2) is 72.8 Å². The number of nitrogens with one attached hydrogen (secondary N) is 3. The molecule has 0 bridgehead atoms. The van der Waals surface area contributed by atoms with Gasteiger partial charge in [-0.15, -0.1) is 0 Å². The number of para-hydroxylation sites is 1. The summed E-state index contributed by atoms with van der Waals surface area (Å²) in [4.78, 5) is 27.3. The summed E-state index contributed by atoms with van der Waals surface area (Å²) in [6.07, 6.45) is 4.55. The highest BCUT2D eigenvalue weighted by molar-refractivity contribution is 5.91. The van der Waals surface area contributed by atoms with Crippen molar-refractivity contribution < 1.29 is 23.8 Å². The quantitative estimate of drug-likeness (QED) is 0.207. The number of amides is 2. The summed E-state index contributed by atoms with van der Waals surface area (Å²) >= 11 is 0. The number of rotatable bonds is 14. The van der Waals surface area contributed by atoms with E-state index in [0.29, 0.717) is 26.2 Å². The number of piperidine rings is 1. The lowest BCUT2D eigenvalue weighted by Gasteiger charge is -2.31. The van der Waals surface area contributed by atoms with Crippen molar-refractivity contribution in [1.29, 1.82) is 0 Å². The summed E-state index contributed by atoms with van der Waals surface area (Å²) in [5.41, 5.74) is 3.92. The van der Waals surface area contributed by atoms with Crippen LogP contribution in [0.1, 0.15) is 44.1 Å². The zero-order chi connectivity index (χ0) is 30.4. The van der Waals surface area contributed by atoms with Crippen molar-refractivity contribution in [2.75, 3.05) is 51.3 Å². The molecule has 0 spiro atoms. The molecule has 0 saturated carbocycles. The molecule has 44 heavy (non-hydrogen) atoms. The van der Waals surface area contributed by atoms with E-state index in [1.807, 2.05) is 66.7 Å². The maximum absolute atomic E-state index is 12.7. The van der Waals surface area contributed by atoms with Crippen LogP contribution in [0.2, 0.25) is 0 Å². The van der Waals surface area contributed by atoms with Crippen molar-refractivity contribution in [2.24, 2.45) is 0 Å². The second kappa shape index (κ2) is 16.7. The van der Waals surface area contributed by atoms with Crippen LogP contribution in [0, 0.1) is 0 Å². The number of hydrogen-bond acceptors (Lipinski definition) is 7. The maximum atomic E-state index is 12.7. The molecule has 1 saturated heterocycles. The van der Waals surface area contributed by atoms with E-state index in [-0.39, 0.29) is 12.0 Å². The number of fused-ring (bicyclic) bond motifs is 1. The van der Waals surface area contributed by atoms with Gasteiger partial charge in [0.2, 0.25) is 5.91 Å². The molecule has 3 aromatic carbocycles. The van der Waals surface area contributed by atoms with E-state index in [9.17, 15) is 9.59 Å². The van der Waals surface area contributed by atoms with Gasteiger partial charge in [-0.3, -0.25) is 10.1 Å². The van der Waals surface area contributed by atoms with Crippen molar-refractivity contribution in [3.8, 4) is 22.6 Å². The van der Waals surface area contributed by atoms with E-state index in [1.165, 1.54) is 5.56 Å². The van der Waals surface area contributed by atoms with E-state index in [2.05, 4.69) is 26.9 Å². The van der Waals surface area contributed by atoms with E-state index in [0.717, 1.165) is 93.1 Å². The largest absolute Gasteiger partial charge is 0.486 e. The monoisotopic (exact) mass is 600 g/mol. The molecule has 1 fully saturated rings. The Hall–Kier alpha value is -4.08. The number of hydrogen-bond donors (Lipinski definition) is 3. The summed E-state index contributed by atoms with van der Waals surface area (Å²) < 4.78 is 17.0. The first-order valence-electron chi connectivity index (χ1n) is 15.8. The Morgan fingerprint density at radius 2 is 1.59 bits per heavy atom. The Balaban J connectivity index is 0.884. The minimum atomic E-state index is -0.429. The highest BCUT2D eigenvalue weighted by Gasteiger charge is 2.23. The van der Waals surface area contributed by atoms with Crippen LogP contribution in [0.5, 0.6) is 11.5 Å². The predicted molar refractivity (Wildman–Crippen MR) is 172 cm³/mol. The third-order valence-electron chi connectivity index (χ3n) is 8.00. The van der Waals surface area contributed by atoms with Crippen molar-refractivity contribution in [3.05, 3.63) is 78.4 Å². The van der Waals surface area contributed by atoms with E-state index >= 15 is 0 Å². The Bertz CT molecular complexity index is 1340. The average Bonchev–Trinajstić information content (AvgIpc) is 3.06. The SMILES string of the molecule is O=C(CCN1CCC(OC(=O)Nc2ccccc2-c2ccccc2)CC1)NCCCCCNCc1ccc2c(c1)OCCO2. The van der Waals surface area contributed by atoms with Gasteiger partial charge in [-0.25, -0.2) is 4.79 Å². The number of carbonyl (C=O) groups excluding carboxylic acids is 2. The van der Waals surface area contributed by atoms with E-state index in [1.54, 1.807) is 0 Å². The second-order valence-corrected chi connectivity index (χ2v) is 11.3. The lowest BCUT2D eigenvalue weighted by atomic mass is 10.0. The normalized spacial score (nSPS) is 15.0. The van der Waals surface area contributed by atoms with Crippen LogP contribution >= 0.6 is 0 Å². The fraction of sp³-hybridized carbons (Fsp3) is 0.429. The number of ether oxygens (including phenoxy) is 3. The summed E-state index contributed by atoms with van der Waals surface area (Å²) in [7, 11) is 0. The number of likely N-dealkylation sites (tertiary alicyclic amines) is 1. The first kappa shape index (κ1) is 31.3. The fourth-order valence-corrected chi connectivity index (χ4v) is 5.56. The van der Waals surface area contributed by atoms with E-state index in [4.69, 9.17) is 14.2 Å². The molecule has 2 heterocycles. The number of unbranched alkanes of at least 4 members (excludes halogenated alkanes) is 2. The predicted octanol–water partition coefficient (Wildman–Crippen LogP) is 5.60. The molecule has 3 N–H and O–H groups in total. The first-order valence-corrected chi connectivity index (χ1v) is 15.8. The third kappa shape index (κ3) is 9.72. The van der Waals surface area contributed by atoms with Gasteiger partial charge in [0.1, 0.15) is 19.3 Å². The van der Waals surface area contributed by atoms with E-state index < -0.39 is 6.09 Å². The van der Waals surface area contributed by atoms with Crippen molar-refractivity contribution in [1.82, 2.24) is 15.5 Å². The maximum Gasteiger partial charge on any atom is 0.411 e. The summed E-state index contributed by atoms with van der Waals surface area (Å²) in [5, 5.41) is 9.45. The Kier molecular flexibility index (Phi) is 11.9. The molecule has 0 atom stereocenters. The van der Waals surface area contributed by atoms with Gasteiger partial charge < -0.3 is 29.7 Å². The fourth-order valence-electron chi connectivity index (χ4n) is 5.56. The standard InChI is InChI=1S/C35H44N4O5/c40-34(37-19-8-2-7-18-36-26-27-13-14-32-33(25-27)43-24-23-42-32)17-22-39-20-15-29(16-21-39)44-35(41)38-31-12-6-5-11-30(31)28-9-3-1-4-10-28/h1,3-6,9-14,25,29,36H,2,7-8,15-24,26H2,(H,37,40)(H,38,41). The lowest BCUT2D eigenvalue weighted by Crippen LogP contribution is -2.40. The number of nitrogens with zero attached hydrogens (tertiary/aromatic N) is 1. The molecule has 9 nitrogen and oxygen atoms in total. The van der Waals surface area contributed by atoms with Gasteiger partial charge in [0.15, 0.2) is 11.5 Å². The van der Waals surface area contributed by atoms with Gasteiger partial charge >= 0.3 is 6.09 Å². The highest BCUT2D eigenvalue weighted by atomic mass is 16.6. The zero-order valence-corrected chi connectivity index (χ0v) is 25.4. The molecule has 234 valence electrons. The average molecular weight is 601 g/mol. The molecular weight excluding hydrogens is 556 g/mol. The number of benzene rings is 3. The Morgan fingerprint density at radius 3 is 2.43 bits per heavy atom. The molecule has 0 aromatic heterocycles. The van der Waals surface area contributed by atoms with Gasteiger partial charge in [0.25, 0.3) is 0 Å². The lowest BCUT2D eigenvalue weighted by molar-refractivity contribution is -0.121. The second-order valence-electron chi connectivity index (χ2n) is 11.3. The molecular formula is C35H44N4O5. The van der Waals surface area contributed by atoms with Crippen LogP contribution < -0.4 is 25.4 Å². The minimum absolute atomic E-state index is 0.0940. The Labute approximate surface area is 260 Å². The molecule has 9 heteroatoms. The molecule has 2 aliphatic heterocycles. The number of anilines is 1. The van der Waals surface area contributed by atoms with Crippen LogP contribution in [-0.2, 0) is 16.1 Å². The molecule has 3 aromatic rings. The van der Waals surface area contributed by atoms with Crippen LogP contribution in [-0.4, -0.2) is 68.9 Å². The number of carbonyl (C=O) groups is 2. The molecule has 0 aliphatic carbocycles. The van der Waals surface area contributed by atoms with Crippen molar-refractivity contribution >= 4 is 17.7 Å². The third-order valence-corrected chi connectivity index (χ3v) is 8.00. The van der Waals surface area contributed by atoms with Gasteiger partial charge in [-0.05, 0) is 61.6 Å². The molecule has 2 amide bonds. The summed E-state index contributed by atoms with van der Waals surface area (Å²) in [5.74, 6) is 1.74. The summed E-state index contributed by atoms with van der Waals surface area (Å²) in [6.45, 7) is 5.99. The first-order chi connectivity index (χ1) is 21.6. The Morgan fingerprint density at radius 1 is 0.841 bits per heavy atom. The van der Waals surface area contributed by atoms with Crippen LogP contribution in [0.25, 0.3) is 11.1 Å². The van der Waals surface area contributed by atoms with Gasteiger partial charge in [-0.1, -0.05) is 61.0 Å². The molecule has 0 radical (unpaired) electrons. The molecule has 5 rings (SSSR count). The topological polar surface area (TPSA) is 101 Å². The van der Waals surface area contributed by atoms with Gasteiger partial charge in [0, 0.05) is 44.7 Å². The smallest absolute Gasteiger partial charge is 0.411 e. The van der Waals surface area contributed by atoms with Crippen LogP contribution in [0.4, 0.5) is 10.5 Å².